The molecule has 5 rings (SSSR count). The third-order valence-corrected chi connectivity index (χ3v) is 7.87. The van der Waals surface area contributed by atoms with Crippen LogP contribution in [0, 0.1) is 6.92 Å². The molecule has 40 heavy (non-hydrogen) atoms. The quantitative estimate of drug-likeness (QED) is 0.294. The number of rotatable bonds is 8. The largest absolute Gasteiger partial charge is 0.491 e. The van der Waals surface area contributed by atoms with Gasteiger partial charge in [-0.15, -0.1) is 0 Å². The Balaban J connectivity index is 1.63. The van der Waals surface area contributed by atoms with E-state index >= 15 is 0 Å². The SMILES string of the molecule is CCCCCC(=O)N1c2ccccc2NC2=C(C(=O)C[C@H](c3ccc(C)cc3)C2)[C@@H]1c1ccc(OC(C)C)cc1. The number of fused-ring (bicyclic) bond motifs is 1. The van der Waals surface area contributed by atoms with Crippen molar-refractivity contribution in [3.05, 3.63) is 101 Å². The number of benzene rings is 3. The number of anilines is 2. The molecule has 0 aromatic heterocycles. The van der Waals surface area contributed by atoms with Gasteiger partial charge in [0.05, 0.1) is 23.5 Å². The van der Waals surface area contributed by atoms with E-state index in [1.807, 2.05) is 67.3 Å². The van der Waals surface area contributed by atoms with Gasteiger partial charge in [0.15, 0.2) is 5.78 Å². The van der Waals surface area contributed by atoms with E-state index in [2.05, 4.69) is 43.4 Å². The maximum absolute atomic E-state index is 14.1. The van der Waals surface area contributed by atoms with Crippen LogP contribution in [0.2, 0.25) is 0 Å². The lowest BCUT2D eigenvalue weighted by atomic mass is 9.78. The molecule has 5 heteroatoms. The second-order valence-electron chi connectivity index (χ2n) is 11.3. The molecule has 3 aromatic carbocycles. The Kier molecular flexibility index (Phi) is 8.39. The fourth-order valence-corrected chi connectivity index (χ4v) is 5.90. The number of amides is 1. The molecule has 1 heterocycles. The van der Waals surface area contributed by atoms with Crippen LogP contribution in [0.5, 0.6) is 5.75 Å². The van der Waals surface area contributed by atoms with E-state index in [1.54, 1.807) is 0 Å². The molecule has 1 aliphatic carbocycles. The first kappa shape index (κ1) is 27.7. The van der Waals surface area contributed by atoms with Crippen LogP contribution >= 0.6 is 0 Å². The van der Waals surface area contributed by atoms with E-state index in [0.717, 1.165) is 47.6 Å². The molecule has 0 saturated carbocycles. The Labute approximate surface area is 238 Å². The average molecular weight is 537 g/mol. The van der Waals surface area contributed by atoms with Gasteiger partial charge in [-0.2, -0.15) is 0 Å². The second-order valence-corrected chi connectivity index (χ2v) is 11.3. The number of hydrogen-bond acceptors (Lipinski definition) is 4. The standard InChI is InChI=1S/C35H40N2O3/c1-5-6-7-12-33(39)37-31-11-9-8-10-29(31)36-30-21-27(25-15-13-24(4)14-16-25)22-32(38)34(30)35(37)26-17-19-28(20-18-26)40-23(2)3/h8-11,13-20,23,27,35-36H,5-7,12,21-22H2,1-4H3/t27-,35+/m1/s1. The molecule has 0 radical (unpaired) electrons. The highest BCUT2D eigenvalue weighted by Gasteiger charge is 2.41. The number of allylic oxidation sites excluding steroid dienone is 1. The van der Waals surface area contributed by atoms with Crippen molar-refractivity contribution in [1.82, 2.24) is 0 Å². The lowest BCUT2D eigenvalue weighted by Gasteiger charge is -2.35. The van der Waals surface area contributed by atoms with Crippen molar-refractivity contribution in [2.24, 2.45) is 0 Å². The zero-order chi connectivity index (χ0) is 28.2. The van der Waals surface area contributed by atoms with Gasteiger partial charge in [0.25, 0.3) is 0 Å². The lowest BCUT2D eigenvalue weighted by molar-refractivity contribution is -0.119. The minimum atomic E-state index is -0.514. The smallest absolute Gasteiger partial charge is 0.227 e. The summed E-state index contributed by atoms with van der Waals surface area (Å²) in [4.78, 5) is 30.0. The van der Waals surface area contributed by atoms with Gasteiger partial charge in [-0.05, 0) is 74.9 Å². The van der Waals surface area contributed by atoms with Crippen LogP contribution in [0.4, 0.5) is 11.4 Å². The fraction of sp³-hybridized carbons (Fsp3) is 0.371. The first-order valence-corrected chi connectivity index (χ1v) is 14.6. The van der Waals surface area contributed by atoms with Crippen molar-refractivity contribution in [2.75, 3.05) is 10.2 Å². The molecule has 0 saturated heterocycles. The summed E-state index contributed by atoms with van der Waals surface area (Å²) in [5, 5.41) is 3.63. The van der Waals surface area contributed by atoms with Crippen LogP contribution in [0.15, 0.2) is 84.1 Å². The molecule has 0 bridgehead atoms. The number of nitrogens with zero attached hydrogens (tertiary/aromatic N) is 1. The Morgan fingerprint density at radius 3 is 2.35 bits per heavy atom. The Bertz CT molecular complexity index is 1390. The van der Waals surface area contributed by atoms with Crippen LogP contribution in [0.25, 0.3) is 0 Å². The van der Waals surface area contributed by atoms with E-state index < -0.39 is 6.04 Å². The van der Waals surface area contributed by atoms with Crippen molar-refractivity contribution in [2.45, 2.75) is 84.3 Å². The summed E-state index contributed by atoms with van der Waals surface area (Å²) in [6, 6.07) is 23.8. The molecule has 2 atom stereocenters. The average Bonchev–Trinajstić information content (AvgIpc) is 3.08. The van der Waals surface area contributed by atoms with Gasteiger partial charge < -0.3 is 10.1 Å². The van der Waals surface area contributed by atoms with Crippen LogP contribution in [0.1, 0.15) is 87.9 Å². The predicted octanol–water partition coefficient (Wildman–Crippen LogP) is 8.26. The minimum absolute atomic E-state index is 0.0393. The first-order chi connectivity index (χ1) is 19.4. The van der Waals surface area contributed by atoms with Gasteiger partial charge in [0, 0.05) is 24.1 Å². The summed E-state index contributed by atoms with van der Waals surface area (Å²) in [6.07, 6.45) is 4.49. The number of unbranched alkanes of at least 4 members (excludes halogenated alkanes) is 2. The number of ketones is 1. The number of ether oxygens (including phenoxy) is 1. The molecule has 0 spiro atoms. The van der Waals surface area contributed by atoms with E-state index in [1.165, 1.54) is 11.1 Å². The molecule has 1 amide bonds. The van der Waals surface area contributed by atoms with Gasteiger partial charge in [-0.1, -0.05) is 73.9 Å². The van der Waals surface area contributed by atoms with Crippen molar-refractivity contribution in [3.8, 4) is 5.75 Å². The third-order valence-electron chi connectivity index (χ3n) is 7.87. The summed E-state index contributed by atoms with van der Waals surface area (Å²) in [6.45, 7) is 8.22. The minimum Gasteiger partial charge on any atom is -0.491 e. The van der Waals surface area contributed by atoms with Crippen LogP contribution in [-0.4, -0.2) is 17.8 Å². The molecule has 2 aliphatic rings. The highest BCUT2D eigenvalue weighted by molar-refractivity contribution is 6.06. The maximum atomic E-state index is 14.1. The summed E-state index contributed by atoms with van der Waals surface area (Å²) in [5.74, 6) is 0.986. The lowest BCUT2D eigenvalue weighted by Crippen LogP contribution is -2.38. The monoisotopic (exact) mass is 536 g/mol. The van der Waals surface area contributed by atoms with E-state index in [-0.39, 0.29) is 23.7 Å². The van der Waals surface area contributed by atoms with Gasteiger partial charge in [-0.25, -0.2) is 0 Å². The topological polar surface area (TPSA) is 58.6 Å². The van der Waals surface area contributed by atoms with E-state index in [0.29, 0.717) is 24.8 Å². The third kappa shape index (κ3) is 5.84. The maximum Gasteiger partial charge on any atom is 0.227 e. The second kappa shape index (κ2) is 12.1. The molecular formula is C35H40N2O3. The number of aryl methyl sites for hydroxylation is 1. The van der Waals surface area contributed by atoms with E-state index in [4.69, 9.17) is 4.74 Å². The van der Waals surface area contributed by atoms with Crippen molar-refractivity contribution in [1.29, 1.82) is 0 Å². The van der Waals surface area contributed by atoms with Crippen LogP contribution < -0.4 is 15.0 Å². The summed E-state index contributed by atoms with van der Waals surface area (Å²) >= 11 is 0. The molecule has 208 valence electrons. The number of nitrogens with one attached hydrogen (secondary N) is 1. The zero-order valence-corrected chi connectivity index (χ0v) is 24.1. The van der Waals surface area contributed by atoms with Gasteiger partial charge in [-0.3, -0.25) is 14.5 Å². The number of hydrogen-bond donors (Lipinski definition) is 1. The predicted molar refractivity (Wildman–Crippen MR) is 162 cm³/mol. The molecular weight excluding hydrogens is 496 g/mol. The molecule has 1 N–H and O–H groups in total. The van der Waals surface area contributed by atoms with Crippen molar-refractivity contribution < 1.29 is 14.3 Å². The van der Waals surface area contributed by atoms with Crippen LogP contribution in [-0.2, 0) is 9.59 Å². The molecule has 0 fully saturated rings. The summed E-state index contributed by atoms with van der Waals surface area (Å²) < 4.78 is 5.90. The normalized spacial score (nSPS) is 18.6. The van der Waals surface area contributed by atoms with E-state index in [9.17, 15) is 9.59 Å². The Hall–Kier alpha value is -3.86. The highest BCUT2D eigenvalue weighted by atomic mass is 16.5. The molecule has 0 unspecified atom stereocenters. The summed E-state index contributed by atoms with van der Waals surface area (Å²) in [7, 11) is 0. The van der Waals surface area contributed by atoms with Crippen molar-refractivity contribution in [3.63, 3.8) is 0 Å². The molecule has 3 aromatic rings. The van der Waals surface area contributed by atoms with Crippen LogP contribution in [0.3, 0.4) is 0 Å². The Morgan fingerprint density at radius 2 is 1.65 bits per heavy atom. The first-order valence-electron chi connectivity index (χ1n) is 14.6. The number of carbonyl (C=O) groups excluding carboxylic acids is 2. The number of para-hydroxylation sites is 2. The zero-order valence-electron chi connectivity index (χ0n) is 24.1. The van der Waals surface area contributed by atoms with Gasteiger partial charge in [0.1, 0.15) is 5.75 Å². The molecule has 5 nitrogen and oxygen atoms in total. The van der Waals surface area contributed by atoms with Gasteiger partial charge in [0.2, 0.25) is 5.91 Å². The highest BCUT2D eigenvalue weighted by Crippen LogP contribution is 2.47. The number of Topliss-reactive ketones (excluding diaryl/α,β-unsaturated/α-hetero) is 1. The van der Waals surface area contributed by atoms with Crippen molar-refractivity contribution >= 4 is 23.1 Å². The fourth-order valence-electron chi connectivity index (χ4n) is 5.90. The summed E-state index contributed by atoms with van der Waals surface area (Å²) in [5.41, 5.74) is 6.56. The van der Waals surface area contributed by atoms with Gasteiger partial charge >= 0.3 is 0 Å². The molecule has 1 aliphatic heterocycles. The number of carbonyl (C=O) groups is 2. The Morgan fingerprint density at radius 1 is 0.950 bits per heavy atom.